The highest BCUT2D eigenvalue weighted by atomic mass is 16.4. The lowest BCUT2D eigenvalue weighted by atomic mass is 9.62. The van der Waals surface area contributed by atoms with Crippen molar-refractivity contribution in [2.75, 3.05) is 0 Å². The van der Waals surface area contributed by atoms with Crippen LogP contribution in [0.3, 0.4) is 0 Å². The summed E-state index contributed by atoms with van der Waals surface area (Å²) < 4.78 is 0. The van der Waals surface area contributed by atoms with Crippen molar-refractivity contribution in [1.29, 1.82) is 0 Å². The molecule has 0 aromatic carbocycles. The average Bonchev–Trinajstić information content (AvgIpc) is 1.74. The van der Waals surface area contributed by atoms with Crippen LogP contribution in [0.4, 0.5) is 0 Å². The molecule has 0 heterocycles. The average molecular weight is 196 g/mol. The van der Waals surface area contributed by atoms with Gasteiger partial charge in [-0.25, -0.2) is 0 Å². The molecule has 2 N–H and O–H groups in total. The zero-order valence-electron chi connectivity index (χ0n) is 9.67. The maximum atomic E-state index is 8.92. The van der Waals surface area contributed by atoms with Crippen molar-refractivity contribution in [3.8, 4) is 0 Å². The Morgan fingerprint density at radius 3 is 1.86 bits per heavy atom. The molecule has 1 rings (SSSR count). The highest BCUT2D eigenvalue weighted by Gasteiger charge is 2.35. The smallest absolute Gasteiger partial charge is 0.424 e. The summed E-state index contributed by atoms with van der Waals surface area (Å²) >= 11 is 0. The van der Waals surface area contributed by atoms with E-state index in [4.69, 9.17) is 10.0 Å². The molecule has 1 fully saturated rings. The van der Waals surface area contributed by atoms with E-state index in [0.717, 1.165) is 12.8 Å². The molecule has 0 bridgehead atoms. The first-order chi connectivity index (χ1) is 6.20. The van der Waals surface area contributed by atoms with E-state index in [1.54, 1.807) is 5.98 Å². The van der Waals surface area contributed by atoms with Gasteiger partial charge in [0, 0.05) is 0 Å². The van der Waals surface area contributed by atoms with Crippen LogP contribution in [0.15, 0.2) is 11.5 Å². The van der Waals surface area contributed by atoms with E-state index in [-0.39, 0.29) is 10.8 Å². The summed E-state index contributed by atoms with van der Waals surface area (Å²) in [5.74, 6) is 1.59. The molecule has 14 heavy (non-hydrogen) atoms. The van der Waals surface area contributed by atoms with Crippen molar-refractivity contribution in [1.82, 2.24) is 0 Å². The molecule has 1 aliphatic rings. The van der Waals surface area contributed by atoms with Crippen molar-refractivity contribution in [3.05, 3.63) is 11.5 Å². The highest BCUT2D eigenvalue weighted by Crippen LogP contribution is 2.47. The van der Waals surface area contributed by atoms with Crippen molar-refractivity contribution in [3.63, 3.8) is 0 Å². The third-order valence-corrected chi connectivity index (χ3v) is 2.75. The van der Waals surface area contributed by atoms with Crippen molar-refractivity contribution in [2.24, 2.45) is 10.8 Å². The van der Waals surface area contributed by atoms with Gasteiger partial charge in [-0.1, -0.05) is 39.2 Å². The fourth-order valence-electron chi connectivity index (χ4n) is 3.04. The highest BCUT2D eigenvalue weighted by molar-refractivity contribution is 6.47. The van der Waals surface area contributed by atoms with Gasteiger partial charge in [0.1, 0.15) is 0 Å². The lowest BCUT2D eigenvalue weighted by Gasteiger charge is -2.42. The van der Waals surface area contributed by atoms with Crippen LogP contribution in [0.2, 0.25) is 0 Å². The van der Waals surface area contributed by atoms with E-state index in [1.807, 2.05) is 0 Å². The van der Waals surface area contributed by atoms with Crippen LogP contribution in [-0.4, -0.2) is 17.2 Å². The lowest BCUT2D eigenvalue weighted by Crippen LogP contribution is -2.30. The van der Waals surface area contributed by atoms with Crippen LogP contribution in [0.5, 0.6) is 0 Å². The number of allylic oxidation sites excluding steroid dienone is 1. The Labute approximate surface area is 87.2 Å². The molecule has 0 spiro atoms. The van der Waals surface area contributed by atoms with E-state index < -0.39 is 7.12 Å². The second-order valence-electron chi connectivity index (χ2n) is 6.10. The summed E-state index contributed by atoms with van der Waals surface area (Å²) in [7, 11) is -1.30. The van der Waals surface area contributed by atoms with Gasteiger partial charge in [-0.05, 0) is 30.1 Å². The molecule has 0 aromatic heterocycles. The number of hydrogen-bond acceptors (Lipinski definition) is 2. The van der Waals surface area contributed by atoms with E-state index >= 15 is 0 Å². The van der Waals surface area contributed by atoms with Gasteiger partial charge in [0.05, 0.1) is 0 Å². The molecule has 0 radical (unpaired) electrons. The fraction of sp³-hybridized carbons (Fsp3) is 0.818. The molecular formula is C11H21BO2. The summed E-state index contributed by atoms with van der Waals surface area (Å²) in [5, 5.41) is 17.8. The van der Waals surface area contributed by atoms with Crippen LogP contribution < -0.4 is 0 Å². The Balaban J connectivity index is 2.82. The Morgan fingerprint density at radius 2 is 1.50 bits per heavy atom. The van der Waals surface area contributed by atoms with Crippen LogP contribution in [-0.2, 0) is 0 Å². The molecule has 1 saturated carbocycles. The number of hydrogen-bond donors (Lipinski definition) is 2. The first kappa shape index (κ1) is 11.8. The van der Waals surface area contributed by atoms with Gasteiger partial charge in [-0.2, -0.15) is 0 Å². The van der Waals surface area contributed by atoms with Gasteiger partial charge in [0.25, 0.3) is 0 Å². The van der Waals surface area contributed by atoms with E-state index in [9.17, 15) is 0 Å². The molecular weight excluding hydrogens is 175 g/mol. The second-order valence-corrected chi connectivity index (χ2v) is 6.10. The Morgan fingerprint density at radius 1 is 1.07 bits per heavy atom. The maximum absolute atomic E-state index is 8.92. The molecule has 3 heteroatoms. The van der Waals surface area contributed by atoms with E-state index in [2.05, 4.69) is 27.7 Å². The van der Waals surface area contributed by atoms with Crippen molar-refractivity contribution < 1.29 is 10.0 Å². The summed E-state index contributed by atoms with van der Waals surface area (Å²) in [6.45, 7) is 8.97. The largest absolute Gasteiger partial charge is 0.480 e. The lowest BCUT2D eigenvalue weighted by molar-refractivity contribution is 0.154. The molecule has 0 aliphatic heterocycles. The molecule has 0 unspecified atom stereocenters. The molecule has 0 saturated heterocycles. The SMILES string of the molecule is CC1(C)CC(=CB(O)O)CC(C)(C)C1. The topological polar surface area (TPSA) is 40.5 Å². The standard InChI is InChI=1S/C11H21BO2/c1-10(2)5-9(7-12(13)14)6-11(3,4)8-10/h7,13-14H,5-6,8H2,1-4H3. The second kappa shape index (κ2) is 3.71. The summed E-state index contributed by atoms with van der Waals surface area (Å²) in [5.41, 5.74) is 1.74. The summed E-state index contributed by atoms with van der Waals surface area (Å²) in [6, 6.07) is 0. The Bertz CT molecular complexity index is 224. The predicted octanol–water partition coefficient (Wildman–Crippen LogP) is 2.16. The van der Waals surface area contributed by atoms with E-state index in [1.165, 1.54) is 12.0 Å². The van der Waals surface area contributed by atoms with Gasteiger partial charge in [-0.3, -0.25) is 0 Å². The first-order valence-electron chi connectivity index (χ1n) is 5.26. The van der Waals surface area contributed by atoms with Gasteiger partial charge < -0.3 is 10.0 Å². The Hall–Kier alpha value is -0.275. The third-order valence-electron chi connectivity index (χ3n) is 2.75. The third kappa shape index (κ3) is 3.47. The molecule has 0 aromatic rings. The van der Waals surface area contributed by atoms with Gasteiger partial charge in [-0.15, -0.1) is 0 Å². The van der Waals surface area contributed by atoms with Crippen LogP contribution in [0.1, 0.15) is 47.0 Å². The normalized spacial score (nSPS) is 24.6. The number of rotatable bonds is 1. The quantitative estimate of drug-likeness (QED) is 0.631. The molecule has 2 nitrogen and oxygen atoms in total. The van der Waals surface area contributed by atoms with Gasteiger partial charge in [0.2, 0.25) is 0 Å². The zero-order chi connectivity index (χ0) is 11.0. The van der Waals surface area contributed by atoms with E-state index in [0.29, 0.717) is 0 Å². The monoisotopic (exact) mass is 196 g/mol. The first-order valence-corrected chi connectivity index (χ1v) is 5.26. The predicted molar refractivity (Wildman–Crippen MR) is 59.7 cm³/mol. The summed E-state index contributed by atoms with van der Waals surface area (Å²) in [4.78, 5) is 0. The minimum absolute atomic E-state index is 0.280. The molecule has 0 atom stereocenters. The van der Waals surface area contributed by atoms with Crippen molar-refractivity contribution >= 4 is 7.12 Å². The maximum Gasteiger partial charge on any atom is 0.480 e. The zero-order valence-corrected chi connectivity index (χ0v) is 9.67. The molecule has 1 aliphatic carbocycles. The van der Waals surface area contributed by atoms with Gasteiger partial charge >= 0.3 is 7.12 Å². The van der Waals surface area contributed by atoms with Crippen LogP contribution >= 0.6 is 0 Å². The fourth-order valence-corrected chi connectivity index (χ4v) is 3.04. The van der Waals surface area contributed by atoms with Crippen molar-refractivity contribution in [2.45, 2.75) is 47.0 Å². The van der Waals surface area contributed by atoms with Crippen LogP contribution in [0, 0.1) is 10.8 Å². The summed E-state index contributed by atoms with van der Waals surface area (Å²) in [6.07, 6.45) is 3.15. The minimum atomic E-state index is -1.30. The Kier molecular flexibility index (Phi) is 3.12. The minimum Gasteiger partial charge on any atom is -0.424 e. The molecule has 80 valence electrons. The molecule has 0 amide bonds. The van der Waals surface area contributed by atoms with Crippen LogP contribution in [0.25, 0.3) is 0 Å². The van der Waals surface area contributed by atoms with Gasteiger partial charge in [0.15, 0.2) is 0 Å².